The predicted octanol–water partition coefficient (Wildman–Crippen LogP) is 3.42. The molecule has 1 fully saturated rings. The van der Waals surface area contributed by atoms with Crippen LogP contribution in [0.3, 0.4) is 0 Å². The lowest BCUT2D eigenvalue weighted by atomic mass is 10.1. The minimum absolute atomic E-state index is 0.381. The first kappa shape index (κ1) is 12.2. The van der Waals surface area contributed by atoms with Crippen molar-refractivity contribution >= 4 is 5.69 Å². The smallest absolute Gasteiger partial charge is 0.0400 e. The maximum Gasteiger partial charge on any atom is 0.0400 e. The van der Waals surface area contributed by atoms with Crippen LogP contribution in [0.15, 0.2) is 48.5 Å². The second-order valence-corrected chi connectivity index (χ2v) is 5.47. The van der Waals surface area contributed by atoms with E-state index in [1.54, 1.807) is 0 Å². The molecule has 1 saturated carbocycles. The van der Waals surface area contributed by atoms with E-state index in [0.717, 1.165) is 13.0 Å². The van der Waals surface area contributed by atoms with Crippen LogP contribution in [-0.2, 0) is 6.54 Å². The molecular formula is C17H20N2. The molecule has 1 aliphatic rings. The molecule has 0 aliphatic heterocycles. The van der Waals surface area contributed by atoms with E-state index in [9.17, 15) is 0 Å². The van der Waals surface area contributed by atoms with E-state index in [1.807, 2.05) is 0 Å². The van der Waals surface area contributed by atoms with Crippen molar-refractivity contribution in [3.63, 3.8) is 0 Å². The van der Waals surface area contributed by atoms with Crippen LogP contribution in [0.2, 0.25) is 0 Å². The lowest BCUT2D eigenvalue weighted by Gasteiger charge is -2.08. The molecule has 2 atom stereocenters. The van der Waals surface area contributed by atoms with Gasteiger partial charge >= 0.3 is 0 Å². The summed E-state index contributed by atoms with van der Waals surface area (Å²) in [5.41, 5.74) is 11.0. The fourth-order valence-electron chi connectivity index (χ4n) is 2.36. The van der Waals surface area contributed by atoms with Gasteiger partial charge in [0.2, 0.25) is 0 Å². The van der Waals surface area contributed by atoms with Crippen molar-refractivity contribution in [1.29, 1.82) is 0 Å². The average Bonchev–Trinajstić information content (AvgIpc) is 3.16. The van der Waals surface area contributed by atoms with Gasteiger partial charge in [0, 0.05) is 24.2 Å². The molecule has 0 heterocycles. The van der Waals surface area contributed by atoms with Gasteiger partial charge in [0.05, 0.1) is 0 Å². The summed E-state index contributed by atoms with van der Waals surface area (Å²) in [6.07, 6.45) is 1.14. The van der Waals surface area contributed by atoms with Crippen molar-refractivity contribution in [2.45, 2.75) is 31.8 Å². The summed E-state index contributed by atoms with van der Waals surface area (Å²) < 4.78 is 0. The van der Waals surface area contributed by atoms with Crippen molar-refractivity contribution < 1.29 is 0 Å². The number of anilines is 1. The van der Waals surface area contributed by atoms with E-state index >= 15 is 0 Å². The highest BCUT2D eigenvalue weighted by Crippen LogP contribution is 2.39. The normalized spacial score (nSPS) is 21.2. The number of benzene rings is 2. The second kappa shape index (κ2) is 5.06. The van der Waals surface area contributed by atoms with Crippen LogP contribution in [0.25, 0.3) is 0 Å². The van der Waals surface area contributed by atoms with E-state index in [4.69, 9.17) is 5.73 Å². The lowest BCUT2D eigenvalue weighted by molar-refractivity contribution is 0.990. The number of hydrogen-bond acceptors (Lipinski definition) is 2. The number of nitrogens with two attached hydrogens (primary N) is 1. The minimum atomic E-state index is 0.381. The summed E-state index contributed by atoms with van der Waals surface area (Å²) >= 11 is 0. The van der Waals surface area contributed by atoms with Crippen molar-refractivity contribution in [3.05, 3.63) is 65.2 Å². The van der Waals surface area contributed by atoms with Gasteiger partial charge in [0.1, 0.15) is 0 Å². The molecule has 98 valence electrons. The molecule has 0 unspecified atom stereocenters. The Morgan fingerprint density at radius 2 is 1.68 bits per heavy atom. The minimum Gasteiger partial charge on any atom is -0.381 e. The summed E-state index contributed by atoms with van der Waals surface area (Å²) in [5, 5.41) is 3.45. The predicted molar refractivity (Wildman–Crippen MR) is 80.3 cm³/mol. The van der Waals surface area contributed by atoms with Crippen LogP contribution in [-0.4, -0.2) is 6.04 Å². The van der Waals surface area contributed by atoms with Gasteiger partial charge in [0.15, 0.2) is 0 Å². The maximum atomic E-state index is 5.87. The summed E-state index contributed by atoms with van der Waals surface area (Å²) in [7, 11) is 0. The molecule has 3 rings (SSSR count). The molecule has 0 spiro atoms. The second-order valence-electron chi connectivity index (χ2n) is 5.47. The van der Waals surface area contributed by atoms with Gasteiger partial charge in [-0.1, -0.05) is 42.0 Å². The first-order valence-corrected chi connectivity index (χ1v) is 6.87. The average molecular weight is 252 g/mol. The van der Waals surface area contributed by atoms with Crippen LogP contribution in [0.4, 0.5) is 5.69 Å². The van der Waals surface area contributed by atoms with Crippen molar-refractivity contribution in [3.8, 4) is 0 Å². The zero-order valence-electron chi connectivity index (χ0n) is 11.3. The SMILES string of the molecule is Cc1ccc(CNc2ccc([C@H]3C[C@@H]3N)cc2)cc1. The van der Waals surface area contributed by atoms with E-state index in [-0.39, 0.29) is 0 Å². The largest absolute Gasteiger partial charge is 0.381 e. The third-order valence-corrected chi connectivity index (χ3v) is 3.80. The van der Waals surface area contributed by atoms with Crippen LogP contribution in [0.5, 0.6) is 0 Å². The highest BCUT2D eigenvalue weighted by molar-refractivity contribution is 5.46. The Bertz CT molecular complexity index is 542. The van der Waals surface area contributed by atoms with Crippen molar-refractivity contribution in [2.24, 2.45) is 5.73 Å². The zero-order chi connectivity index (χ0) is 13.2. The van der Waals surface area contributed by atoms with E-state index in [1.165, 1.54) is 22.4 Å². The van der Waals surface area contributed by atoms with Gasteiger partial charge in [-0.05, 0) is 36.6 Å². The summed E-state index contributed by atoms with van der Waals surface area (Å²) in [6.45, 7) is 2.97. The Morgan fingerprint density at radius 3 is 2.26 bits per heavy atom. The molecule has 2 aromatic rings. The van der Waals surface area contributed by atoms with E-state index in [0.29, 0.717) is 12.0 Å². The molecule has 0 aromatic heterocycles. The molecule has 2 heteroatoms. The third-order valence-electron chi connectivity index (χ3n) is 3.80. The summed E-state index contributed by atoms with van der Waals surface area (Å²) in [6, 6.07) is 17.7. The van der Waals surface area contributed by atoms with Gasteiger partial charge in [0.25, 0.3) is 0 Å². The molecule has 0 saturated heterocycles. The number of aryl methyl sites for hydroxylation is 1. The van der Waals surface area contributed by atoms with Crippen LogP contribution < -0.4 is 11.1 Å². The highest BCUT2D eigenvalue weighted by atomic mass is 14.9. The van der Waals surface area contributed by atoms with Gasteiger partial charge in [-0.3, -0.25) is 0 Å². The lowest BCUT2D eigenvalue weighted by Crippen LogP contribution is -2.01. The van der Waals surface area contributed by atoms with E-state index < -0.39 is 0 Å². The van der Waals surface area contributed by atoms with Crippen molar-refractivity contribution in [2.75, 3.05) is 5.32 Å². The third kappa shape index (κ3) is 2.96. The molecule has 1 aliphatic carbocycles. The Kier molecular flexibility index (Phi) is 3.26. The topological polar surface area (TPSA) is 38.0 Å². The molecule has 2 aromatic carbocycles. The molecule has 3 N–H and O–H groups in total. The van der Waals surface area contributed by atoms with Gasteiger partial charge in [-0.25, -0.2) is 0 Å². The van der Waals surface area contributed by atoms with Crippen LogP contribution >= 0.6 is 0 Å². The first-order valence-electron chi connectivity index (χ1n) is 6.87. The molecule has 0 radical (unpaired) electrons. The van der Waals surface area contributed by atoms with Gasteiger partial charge < -0.3 is 11.1 Å². The van der Waals surface area contributed by atoms with E-state index in [2.05, 4.69) is 60.8 Å². The maximum absolute atomic E-state index is 5.87. The zero-order valence-corrected chi connectivity index (χ0v) is 11.3. The Morgan fingerprint density at radius 1 is 1.05 bits per heavy atom. The Labute approximate surface area is 114 Å². The van der Waals surface area contributed by atoms with Gasteiger partial charge in [-0.2, -0.15) is 0 Å². The quantitative estimate of drug-likeness (QED) is 0.875. The molecular weight excluding hydrogens is 232 g/mol. The fraction of sp³-hybridized carbons (Fsp3) is 0.294. The molecule has 19 heavy (non-hydrogen) atoms. The Balaban J connectivity index is 1.59. The van der Waals surface area contributed by atoms with Crippen molar-refractivity contribution in [1.82, 2.24) is 0 Å². The van der Waals surface area contributed by atoms with Crippen LogP contribution in [0, 0.1) is 6.92 Å². The Hall–Kier alpha value is -1.80. The summed E-state index contributed by atoms with van der Waals surface area (Å²) in [4.78, 5) is 0. The number of rotatable bonds is 4. The van der Waals surface area contributed by atoms with Gasteiger partial charge in [-0.15, -0.1) is 0 Å². The number of hydrogen-bond donors (Lipinski definition) is 2. The summed E-state index contributed by atoms with van der Waals surface area (Å²) in [5.74, 6) is 0.589. The fourth-order valence-corrected chi connectivity index (χ4v) is 2.36. The molecule has 2 nitrogen and oxygen atoms in total. The first-order chi connectivity index (χ1) is 9.22. The highest BCUT2D eigenvalue weighted by Gasteiger charge is 2.34. The standard InChI is InChI=1S/C17H20N2/c1-12-2-4-13(5-3-12)11-19-15-8-6-14(7-9-15)16-10-17(16)18/h2-9,16-17,19H,10-11,18H2,1H3/t16-,17+/m1/s1. The molecule has 0 amide bonds. The molecule has 0 bridgehead atoms. The van der Waals surface area contributed by atoms with Crippen LogP contribution in [0.1, 0.15) is 29.0 Å². The monoisotopic (exact) mass is 252 g/mol. The number of nitrogens with one attached hydrogen (secondary N) is 1.